The first kappa shape index (κ1) is 22.4. The number of ketones is 1. The van der Waals surface area contributed by atoms with Gasteiger partial charge in [0.25, 0.3) is 0 Å². The van der Waals surface area contributed by atoms with E-state index in [0.717, 1.165) is 5.56 Å². The maximum atomic E-state index is 12.1. The quantitative estimate of drug-likeness (QED) is 0.479. The number of alkyl carbamates (subject to hydrolysis) is 1. The van der Waals surface area contributed by atoms with Gasteiger partial charge in [0, 0.05) is 19.4 Å². The van der Waals surface area contributed by atoms with Gasteiger partial charge in [-0.05, 0) is 24.3 Å². The van der Waals surface area contributed by atoms with Crippen molar-refractivity contribution in [3.05, 3.63) is 35.9 Å². The van der Waals surface area contributed by atoms with Crippen molar-refractivity contribution in [3.8, 4) is 0 Å². The minimum atomic E-state index is -1.21. The molecule has 1 aromatic carbocycles. The standard InChI is InChI=1S/C20H26N2O7/c23-15-8-4-7-14(9-15)18(19(26)27)22-17(25)10-16(24)11-21-20(28)29-12-13-5-2-1-3-6-13/h1-3,5-6,14,16,18,24H,4,7-12H2,(H,21,28)(H,22,25)(H,26,27)/t14-,16+,18+/m1/s1. The van der Waals surface area contributed by atoms with Gasteiger partial charge in [0.1, 0.15) is 18.4 Å². The van der Waals surface area contributed by atoms with Gasteiger partial charge >= 0.3 is 12.1 Å². The highest BCUT2D eigenvalue weighted by atomic mass is 16.5. The zero-order chi connectivity index (χ0) is 21.2. The fraction of sp³-hybridized carbons (Fsp3) is 0.500. The molecule has 9 nitrogen and oxygen atoms in total. The van der Waals surface area contributed by atoms with Gasteiger partial charge in [-0.2, -0.15) is 0 Å². The molecule has 0 bridgehead atoms. The van der Waals surface area contributed by atoms with Gasteiger partial charge in [-0.25, -0.2) is 9.59 Å². The lowest BCUT2D eigenvalue weighted by atomic mass is 9.83. The summed E-state index contributed by atoms with van der Waals surface area (Å²) in [5, 5.41) is 24.0. The average Bonchev–Trinajstić information content (AvgIpc) is 2.69. The van der Waals surface area contributed by atoms with Crippen LogP contribution < -0.4 is 10.6 Å². The summed E-state index contributed by atoms with van der Waals surface area (Å²) in [4.78, 5) is 46.8. The number of Topliss-reactive ketones (excluding diaryl/α,β-unsaturated/α-hetero) is 1. The molecule has 1 fully saturated rings. The minimum Gasteiger partial charge on any atom is -0.480 e. The number of carbonyl (C=O) groups excluding carboxylic acids is 3. The molecule has 9 heteroatoms. The topological polar surface area (TPSA) is 142 Å². The molecule has 0 unspecified atom stereocenters. The Morgan fingerprint density at radius 1 is 1.21 bits per heavy atom. The van der Waals surface area contributed by atoms with E-state index in [1.54, 1.807) is 12.1 Å². The molecule has 1 aromatic rings. The third kappa shape index (κ3) is 7.90. The van der Waals surface area contributed by atoms with E-state index in [0.29, 0.717) is 19.3 Å². The smallest absolute Gasteiger partial charge is 0.407 e. The lowest BCUT2D eigenvalue weighted by Gasteiger charge is -2.27. The Bertz CT molecular complexity index is 723. The number of ether oxygens (including phenoxy) is 1. The first-order valence-electron chi connectivity index (χ1n) is 9.51. The summed E-state index contributed by atoms with van der Waals surface area (Å²) in [6.45, 7) is -0.148. The molecule has 0 saturated heterocycles. The monoisotopic (exact) mass is 406 g/mol. The second-order valence-electron chi connectivity index (χ2n) is 7.08. The lowest BCUT2D eigenvalue weighted by Crippen LogP contribution is -2.48. The predicted molar refractivity (Wildman–Crippen MR) is 102 cm³/mol. The van der Waals surface area contributed by atoms with Crippen LogP contribution in [0.1, 0.15) is 37.7 Å². The number of hydrogen-bond acceptors (Lipinski definition) is 6. The van der Waals surface area contributed by atoms with Crippen LogP contribution in [-0.2, 0) is 25.7 Å². The highest BCUT2D eigenvalue weighted by Gasteiger charge is 2.33. The Labute approximate surface area is 168 Å². The van der Waals surface area contributed by atoms with Crippen molar-refractivity contribution >= 4 is 23.8 Å². The highest BCUT2D eigenvalue weighted by Crippen LogP contribution is 2.24. The van der Waals surface area contributed by atoms with Gasteiger partial charge in [0.05, 0.1) is 12.5 Å². The van der Waals surface area contributed by atoms with Crippen molar-refractivity contribution in [3.63, 3.8) is 0 Å². The zero-order valence-corrected chi connectivity index (χ0v) is 16.0. The number of carboxylic acid groups (broad SMARTS) is 1. The van der Waals surface area contributed by atoms with Crippen molar-refractivity contribution in [2.75, 3.05) is 6.54 Å². The Hall–Kier alpha value is -2.94. The summed E-state index contributed by atoms with van der Waals surface area (Å²) >= 11 is 0. The molecule has 1 aliphatic rings. The van der Waals surface area contributed by atoms with Gasteiger partial charge in [-0.3, -0.25) is 9.59 Å². The van der Waals surface area contributed by atoms with E-state index in [4.69, 9.17) is 4.74 Å². The molecule has 1 saturated carbocycles. The third-order valence-electron chi connectivity index (χ3n) is 4.69. The van der Waals surface area contributed by atoms with Crippen LogP contribution >= 0.6 is 0 Å². The predicted octanol–water partition coefficient (Wildman–Crippen LogP) is 0.992. The van der Waals surface area contributed by atoms with E-state index in [2.05, 4.69) is 10.6 Å². The summed E-state index contributed by atoms with van der Waals surface area (Å²) in [6, 6.07) is 7.88. The summed E-state index contributed by atoms with van der Waals surface area (Å²) in [7, 11) is 0. The van der Waals surface area contributed by atoms with Crippen molar-refractivity contribution < 1.29 is 34.1 Å². The SMILES string of the molecule is O=C1CCC[C@@H]([C@H](NC(=O)C[C@H](O)CNC(=O)OCc2ccccc2)C(=O)O)C1. The van der Waals surface area contributed by atoms with Crippen molar-refractivity contribution in [1.82, 2.24) is 10.6 Å². The fourth-order valence-corrected chi connectivity index (χ4v) is 3.22. The summed E-state index contributed by atoms with van der Waals surface area (Å²) in [6.07, 6.45) is -0.639. The number of carboxylic acids is 1. The Balaban J connectivity index is 1.72. The number of aliphatic hydroxyl groups is 1. The second-order valence-corrected chi connectivity index (χ2v) is 7.08. The van der Waals surface area contributed by atoms with Gasteiger partial charge in [0.15, 0.2) is 0 Å². The van der Waals surface area contributed by atoms with Crippen LogP contribution in [0, 0.1) is 5.92 Å². The van der Waals surface area contributed by atoms with Crippen LogP contribution in [0.5, 0.6) is 0 Å². The summed E-state index contributed by atoms with van der Waals surface area (Å²) in [5.74, 6) is -2.35. The maximum Gasteiger partial charge on any atom is 0.407 e. The highest BCUT2D eigenvalue weighted by molar-refractivity contribution is 5.86. The molecule has 2 rings (SSSR count). The number of amides is 2. The summed E-state index contributed by atoms with van der Waals surface area (Å²) < 4.78 is 5.00. The summed E-state index contributed by atoms with van der Waals surface area (Å²) in [5.41, 5.74) is 0.809. The fourth-order valence-electron chi connectivity index (χ4n) is 3.22. The molecule has 158 valence electrons. The molecule has 29 heavy (non-hydrogen) atoms. The number of benzene rings is 1. The molecule has 0 aromatic heterocycles. The van der Waals surface area contributed by atoms with E-state index < -0.39 is 36.0 Å². The third-order valence-corrected chi connectivity index (χ3v) is 4.69. The van der Waals surface area contributed by atoms with Crippen LogP contribution in [0.2, 0.25) is 0 Å². The molecule has 0 radical (unpaired) electrons. The second kappa shape index (κ2) is 11.2. The molecule has 3 atom stereocenters. The van der Waals surface area contributed by atoms with E-state index in [-0.39, 0.29) is 31.8 Å². The largest absolute Gasteiger partial charge is 0.480 e. The van der Waals surface area contributed by atoms with E-state index in [9.17, 15) is 29.4 Å². The molecule has 0 aliphatic heterocycles. The molecular weight excluding hydrogens is 380 g/mol. The normalized spacial score (nSPS) is 18.4. The van der Waals surface area contributed by atoms with Crippen molar-refractivity contribution in [2.45, 2.75) is 50.9 Å². The van der Waals surface area contributed by atoms with E-state index in [1.165, 1.54) is 0 Å². The lowest BCUT2D eigenvalue weighted by molar-refractivity contribution is -0.144. The van der Waals surface area contributed by atoms with Crippen LogP contribution in [0.4, 0.5) is 4.79 Å². The number of aliphatic carboxylic acids is 1. The van der Waals surface area contributed by atoms with Crippen LogP contribution in [0.25, 0.3) is 0 Å². The maximum absolute atomic E-state index is 12.1. The van der Waals surface area contributed by atoms with Crippen LogP contribution in [0.15, 0.2) is 30.3 Å². The van der Waals surface area contributed by atoms with E-state index in [1.807, 2.05) is 18.2 Å². The number of hydrogen-bond donors (Lipinski definition) is 4. The Morgan fingerprint density at radius 2 is 1.93 bits per heavy atom. The molecule has 0 heterocycles. The molecular formula is C20H26N2O7. The average molecular weight is 406 g/mol. The Morgan fingerprint density at radius 3 is 2.59 bits per heavy atom. The molecule has 1 aliphatic carbocycles. The van der Waals surface area contributed by atoms with Gasteiger partial charge in [-0.15, -0.1) is 0 Å². The van der Waals surface area contributed by atoms with E-state index >= 15 is 0 Å². The Kier molecular flexibility index (Phi) is 8.60. The minimum absolute atomic E-state index is 0.0139. The van der Waals surface area contributed by atoms with Crippen molar-refractivity contribution in [2.24, 2.45) is 5.92 Å². The number of nitrogens with one attached hydrogen (secondary N) is 2. The van der Waals surface area contributed by atoms with Gasteiger partial charge in [-0.1, -0.05) is 30.3 Å². The van der Waals surface area contributed by atoms with Gasteiger partial charge in [0.2, 0.25) is 5.91 Å². The first-order chi connectivity index (χ1) is 13.8. The van der Waals surface area contributed by atoms with Gasteiger partial charge < -0.3 is 25.6 Å². The first-order valence-corrected chi connectivity index (χ1v) is 9.51. The number of rotatable bonds is 9. The molecule has 2 amide bonds. The number of aliphatic hydroxyl groups excluding tert-OH is 1. The molecule has 0 spiro atoms. The molecule has 4 N–H and O–H groups in total. The zero-order valence-electron chi connectivity index (χ0n) is 16.0. The van der Waals surface area contributed by atoms with Crippen LogP contribution in [0.3, 0.4) is 0 Å². The number of carbonyl (C=O) groups is 4. The van der Waals surface area contributed by atoms with Crippen molar-refractivity contribution in [1.29, 1.82) is 0 Å². The van der Waals surface area contributed by atoms with Crippen LogP contribution in [-0.4, -0.2) is 52.7 Å².